The van der Waals surface area contributed by atoms with Gasteiger partial charge in [-0.25, -0.2) is 4.79 Å². The van der Waals surface area contributed by atoms with Gasteiger partial charge in [-0.3, -0.25) is 9.47 Å². The van der Waals surface area contributed by atoms with Crippen molar-refractivity contribution in [3.05, 3.63) is 34.3 Å². The minimum absolute atomic E-state index is 0.0481. The maximum Gasteiger partial charge on any atom is 0.419 e. The van der Waals surface area contributed by atoms with E-state index in [0.717, 1.165) is 24.0 Å². The number of nitrogens with zero attached hydrogens (tertiary/aromatic N) is 2. The summed E-state index contributed by atoms with van der Waals surface area (Å²) < 4.78 is 6.55. The quantitative estimate of drug-likeness (QED) is 0.788. The first-order valence-corrected chi connectivity index (χ1v) is 5.49. The number of likely N-dealkylation sites (N-methyl/N-ethyl adjacent to an activating group) is 1. The lowest BCUT2D eigenvalue weighted by Crippen LogP contribution is -2.21. The predicted molar refractivity (Wildman–Crippen MR) is 64.9 cm³/mol. The van der Waals surface area contributed by atoms with E-state index < -0.39 is 0 Å². The van der Waals surface area contributed by atoms with Gasteiger partial charge in [0.2, 0.25) is 0 Å². The first kappa shape index (κ1) is 11.9. The molecule has 0 aliphatic rings. The first-order valence-electron chi connectivity index (χ1n) is 5.49. The molecular weight excluding hydrogens is 220 g/mol. The number of aliphatic hydroxyl groups excluding tert-OH is 1. The lowest BCUT2D eigenvalue weighted by Gasteiger charge is -2.12. The maximum atomic E-state index is 11.3. The van der Waals surface area contributed by atoms with Crippen LogP contribution in [-0.4, -0.2) is 34.9 Å². The smallest absolute Gasteiger partial charge is 0.408 e. The Labute approximate surface area is 98.9 Å². The summed E-state index contributed by atoms with van der Waals surface area (Å²) in [5.41, 5.74) is 2.53. The molecule has 0 aliphatic carbocycles. The van der Waals surface area contributed by atoms with Crippen LogP contribution in [0.4, 0.5) is 0 Å². The van der Waals surface area contributed by atoms with Gasteiger partial charge >= 0.3 is 5.76 Å². The number of oxazole rings is 1. The molecule has 92 valence electrons. The van der Waals surface area contributed by atoms with E-state index in [2.05, 4.69) is 0 Å². The third kappa shape index (κ3) is 2.40. The topological polar surface area (TPSA) is 58.6 Å². The van der Waals surface area contributed by atoms with Crippen LogP contribution < -0.4 is 5.76 Å². The molecule has 1 aromatic carbocycles. The highest BCUT2D eigenvalue weighted by atomic mass is 16.4. The highest BCUT2D eigenvalue weighted by Gasteiger charge is 2.06. The van der Waals surface area contributed by atoms with Crippen LogP contribution >= 0.6 is 0 Å². The van der Waals surface area contributed by atoms with Gasteiger partial charge < -0.3 is 9.52 Å². The Kier molecular flexibility index (Phi) is 3.31. The maximum absolute atomic E-state index is 11.3. The molecule has 5 heteroatoms. The largest absolute Gasteiger partial charge is 0.419 e. The Hall–Kier alpha value is -1.59. The molecule has 2 rings (SSSR count). The van der Waals surface area contributed by atoms with Gasteiger partial charge in [0.25, 0.3) is 0 Å². The molecule has 2 aromatic rings. The summed E-state index contributed by atoms with van der Waals surface area (Å²) in [4.78, 5) is 13.1. The molecule has 1 heterocycles. The van der Waals surface area contributed by atoms with Crippen LogP contribution in [0.2, 0.25) is 0 Å². The molecule has 1 N–H and O–H groups in total. The SMILES string of the molecule is CN(CO)CCc1ccc2oc(=O)n(C)c2c1. The number of hydrogen-bond donors (Lipinski definition) is 1. The second-order valence-electron chi connectivity index (χ2n) is 4.20. The van der Waals surface area contributed by atoms with Crippen LogP contribution in [0.15, 0.2) is 27.4 Å². The molecule has 0 spiro atoms. The van der Waals surface area contributed by atoms with E-state index in [1.165, 1.54) is 4.57 Å². The Bertz CT molecular complexity index is 571. The number of aliphatic hydroxyl groups is 1. The predicted octanol–water partition coefficient (Wildman–Crippen LogP) is 0.556. The molecule has 1 aromatic heterocycles. The van der Waals surface area contributed by atoms with Crippen LogP contribution in [0.3, 0.4) is 0 Å². The van der Waals surface area contributed by atoms with Crippen LogP contribution in [0, 0.1) is 0 Å². The average molecular weight is 236 g/mol. The zero-order valence-electron chi connectivity index (χ0n) is 10.0. The second kappa shape index (κ2) is 4.73. The molecule has 5 nitrogen and oxygen atoms in total. The number of aryl methyl sites for hydroxylation is 1. The molecular formula is C12H16N2O3. The van der Waals surface area contributed by atoms with Crippen LogP contribution in [0.5, 0.6) is 0 Å². The Morgan fingerprint density at radius 3 is 2.94 bits per heavy atom. The molecule has 0 fully saturated rings. The minimum Gasteiger partial charge on any atom is -0.408 e. The monoisotopic (exact) mass is 236 g/mol. The lowest BCUT2D eigenvalue weighted by molar-refractivity contribution is 0.134. The number of aromatic nitrogens is 1. The van der Waals surface area contributed by atoms with E-state index in [-0.39, 0.29) is 12.5 Å². The summed E-state index contributed by atoms with van der Waals surface area (Å²) in [5, 5.41) is 8.90. The van der Waals surface area contributed by atoms with Gasteiger partial charge in [-0.1, -0.05) is 6.07 Å². The van der Waals surface area contributed by atoms with E-state index >= 15 is 0 Å². The van der Waals surface area contributed by atoms with Crippen molar-refractivity contribution in [1.29, 1.82) is 0 Å². The van der Waals surface area contributed by atoms with E-state index in [1.807, 2.05) is 30.1 Å². The highest BCUT2D eigenvalue weighted by Crippen LogP contribution is 2.14. The normalized spacial score (nSPS) is 11.5. The zero-order valence-corrected chi connectivity index (χ0v) is 10.0. The van der Waals surface area contributed by atoms with E-state index in [4.69, 9.17) is 9.52 Å². The van der Waals surface area contributed by atoms with Gasteiger partial charge in [-0.05, 0) is 31.2 Å². The molecule has 0 unspecified atom stereocenters. The van der Waals surface area contributed by atoms with Crippen molar-refractivity contribution in [3.63, 3.8) is 0 Å². The summed E-state index contributed by atoms with van der Waals surface area (Å²) in [6, 6.07) is 5.70. The zero-order chi connectivity index (χ0) is 12.4. The molecule has 0 saturated heterocycles. The van der Waals surface area contributed by atoms with Gasteiger partial charge in [-0.15, -0.1) is 0 Å². The fourth-order valence-corrected chi connectivity index (χ4v) is 1.72. The number of hydrogen-bond acceptors (Lipinski definition) is 4. The molecule has 0 radical (unpaired) electrons. The number of fused-ring (bicyclic) bond motifs is 1. The van der Waals surface area contributed by atoms with Crippen molar-refractivity contribution in [2.45, 2.75) is 6.42 Å². The van der Waals surface area contributed by atoms with E-state index in [1.54, 1.807) is 7.05 Å². The first-order chi connectivity index (χ1) is 8.11. The number of rotatable bonds is 4. The fraction of sp³-hybridized carbons (Fsp3) is 0.417. The third-order valence-electron chi connectivity index (χ3n) is 2.88. The third-order valence-corrected chi connectivity index (χ3v) is 2.88. The molecule has 0 bridgehead atoms. The van der Waals surface area contributed by atoms with Crippen molar-refractivity contribution >= 4 is 11.1 Å². The van der Waals surface area contributed by atoms with Crippen molar-refractivity contribution in [3.8, 4) is 0 Å². The van der Waals surface area contributed by atoms with E-state index in [9.17, 15) is 4.79 Å². The van der Waals surface area contributed by atoms with Crippen molar-refractivity contribution in [1.82, 2.24) is 9.47 Å². The van der Waals surface area contributed by atoms with Crippen LogP contribution in [0.25, 0.3) is 11.1 Å². The van der Waals surface area contributed by atoms with E-state index in [0.29, 0.717) is 5.58 Å². The van der Waals surface area contributed by atoms with Crippen LogP contribution in [-0.2, 0) is 13.5 Å². The fourth-order valence-electron chi connectivity index (χ4n) is 1.72. The van der Waals surface area contributed by atoms with Gasteiger partial charge in [0.1, 0.15) is 0 Å². The number of benzene rings is 1. The van der Waals surface area contributed by atoms with Gasteiger partial charge in [0.05, 0.1) is 12.2 Å². The molecule has 0 saturated carbocycles. The van der Waals surface area contributed by atoms with Crippen molar-refractivity contribution < 1.29 is 9.52 Å². The molecule has 0 atom stereocenters. The summed E-state index contributed by atoms with van der Waals surface area (Å²) >= 11 is 0. The standard InChI is InChI=1S/C12H16N2O3/c1-13(8-15)6-5-9-3-4-11-10(7-9)14(2)12(16)17-11/h3-4,7,15H,5-6,8H2,1-2H3. The van der Waals surface area contributed by atoms with Crippen LogP contribution in [0.1, 0.15) is 5.56 Å². The second-order valence-corrected chi connectivity index (χ2v) is 4.20. The van der Waals surface area contributed by atoms with Crippen molar-refractivity contribution in [2.75, 3.05) is 20.3 Å². The molecule has 17 heavy (non-hydrogen) atoms. The van der Waals surface area contributed by atoms with Gasteiger partial charge in [-0.2, -0.15) is 0 Å². The highest BCUT2D eigenvalue weighted by molar-refractivity contribution is 5.73. The Morgan fingerprint density at radius 1 is 1.47 bits per heavy atom. The minimum atomic E-state index is -0.343. The average Bonchev–Trinajstić information content (AvgIpc) is 2.62. The Balaban J connectivity index is 2.25. The lowest BCUT2D eigenvalue weighted by atomic mass is 10.1. The summed E-state index contributed by atoms with van der Waals surface area (Å²) in [5.74, 6) is -0.343. The van der Waals surface area contributed by atoms with Gasteiger partial charge in [0.15, 0.2) is 5.58 Å². The molecule has 0 aliphatic heterocycles. The Morgan fingerprint density at radius 2 is 2.24 bits per heavy atom. The molecule has 0 amide bonds. The summed E-state index contributed by atoms with van der Waals surface area (Å²) in [7, 11) is 3.55. The van der Waals surface area contributed by atoms with Gasteiger partial charge in [0, 0.05) is 13.6 Å². The van der Waals surface area contributed by atoms with Crippen molar-refractivity contribution in [2.24, 2.45) is 7.05 Å². The summed E-state index contributed by atoms with van der Waals surface area (Å²) in [6.45, 7) is 0.820. The summed E-state index contributed by atoms with van der Waals surface area (Å²) in [6.07, 6.45) is 0.826.